The minimum absolute atomic E-state index is 0.251. The van der Waals surface area contributed by atoms with E-state index >= 15 is 0 Å². The average Bonchev–Trinajstić information content (AvgIpc) is 2.81. The van der Waals surface area contributed by atoms with Crippen LogP contribution in [0.15, 0.2) is 41.4 Å². The number of anilines is 1. The Bertz CT molecular complexity index is 688. The maximum Gasteiger partial charge on any atom is 0.263 e. The lowest BCUT2D eigenvalue weighted by Crippen LogP contribution is -2.13. The summed E-state index contributed by atoms with van der Waals surface area (Å²) in [7, 11) is -1.84. The van der Waals surface area contributed by atoms with Crippen LogP contribution in [0.5, 0.6) is 0 Å². The molecule has 0 amide bonds. The van der Waals surface area contributed by atoms with Crippen LogP contribution in [0.1, 0.15) is 25.8 Å². The number of sulfonamides is 1. The van der Waals surface area contributed by atoms with Crippen LogP contribution >= 0.6 is 0 Å². The Hall–Kier alpha value is -1.82. The van der Waals surface area contributed by atoms with Crippen LogP contribution in [-0.4, -0.2) is 18.2 Å². The van der Waals surface area contributed by atoms with E-state index in [9.17, 15) is 8.42 Å². The van der Waals surface area contributed by atoms with E-state index in [0.29, 0.717) is 11.7 Å². The van der Waals surface area contributed by atoms with Crippen molar-refractivity contribution in [1.29, 1.82) is 0 Å². The minimum atomic E-state index is -3.57. The van der Waals surface area contributed by atoms with Gasteiger partial charge in [-0.25, -0.2) is 8.42 Å². The molecular formula is C15H21N3O2S. The van der Waals surface area contributed by atoms with Crippen molar-refractivity contribution in [2.24, 2.45) is 13.0 Å². The quantitative estimate of drug-likeness (QED) is 0.892. The zero-order chi connectivity index (χ0) is 15.5. The van der Waals surface area contributed by atoms with Crippen LogP contribution in [0.2, 0.25) is 0 Å². The van der Waals surface area contributed by atoms with Gasteiger partial charge in [-0.3, -0.25) is 9.40 Å². The lowest BCUT2D eigenvalue weighted by atomic mass is 10.0. The van der Waals surface area contributed by atoms with Crippen LogP contribution in [0.4, 0.5) is 5.82 Å². The van der Waals surface area contributed by atoms with Crippen LogP contribution in [0.25, 0.3) is 0 Å². The third-order valence-electron chi connectivity index (χ3n) is 3.20. The molecule has 0 saturated heterocycles. The van der Waals surface area contributed by atoms with Crippen molar-refractivity contribution in [2.45, 2.75) is 31.6 Å². The molecule has 0 saturated carbocycles. The molecule has 0 atom stereocenters. The number of aryl methyl sites for hydroxylation is 2. The Labute approximate surface area is 126 Å². The molecular weight excluding hydrogens is 286 g/mol. The van der Waals surface area contributed by atoms with E-state index in [-0.39, 0.29) is 4.90 Å². The maximum absolute atomic E-state index is 12.2. The minimum Gasteiger partial charge on any atom is -0.274 e. The molecule has 1 N–H and O–H groups in total. The largest absolute Gasteiger partial charge is 0.274 e. The first-order chi connectivity index (χ1) is 9.87. The molecule has 0 spiro atoms. The molecule has 0 aliphatic rings. The van der Waals surface area contributed by atoms with E-state index in [1.807, 2.05) is 12.1 Å². The van der Waals surface area contributed by atoms with E-state index < -0.39 is 10.0 Å². The Morgan fingerprint density at radius 1 is 1.19 bits per heavy atom. The molecule has 0 aliphatic carbocycles. The average molecular weight is 307 g/mol. The Balaban J connectivity index is 2.09. The summed E-state index contributed by atoms with van der Waals surface area (Å²) in [6.07, 6.45) is 3.75. The van der Waals surface area contributed by atoms with Gasteiger partial charge in [-0.15, -0.1) is 0 Å². The van der Waals surface area contributed by atoms with E-state index in [0.717, 1.165) is 18.4 Å². The zero-order valence-corrected chi connectivity index (χ0v) is 13.4. The van der Waals surface area contributed by atoms with Crippen molar-refractivity contribution in [2.75, 3.05) is 4.72 Å². The Morgan fingerprint density at radius 2 is 1.86 bits per heavy atom. The van der Waals surface area contributed by atoms with Crippen molar-refractivity contribution in [3.05, 3.63) is 42.1 Å². The van der Waals surface area contributed by atoms with Gasteiger partial charge in [0.1, 0.15) is 0 Å². The summed E-state index contributed by atoms with van der Waals surface area (Å²) in [6.45, 7) is 4.35. The van der Waals surface area contributed by atoms with Gasteiger partial charge in [-0.05, 0) is 36.5 Å². The summed E-state index contributed by atoms with van der Waals surface area (Å²) in [6, 6.07) is 8.64. The van der Waals surface area contributed by atoms with E-state index in [4.69, 9.17) is 0 Å². The number of benzene rings is 1. The Morgan fingerprint density at radius 3 is 2.38 bits per heavy atom. The second-order valence-corrected chi connectivity index (χ2v) is 7.24. The molecule has 0 unspecified atom stereocenters. The third kappa shape index (κ3) is 4.32. The summed E-state index contributed by atoms with van der Waals surface area (Å²) in [5.74, 6) is 0.959. The van der Waals surface area contributed by atoms with E-state index in [1.54, 1.807) is 36.1 Å². The molecule has 0 bridgehead atoms. The molecule has 6 heteroatoms. The van der Waals surface area contributed by atoms with Gasteiger partial charge in [0.2, 0.25) is 0 Å². The number of hydrogen-bond donors (Lipinski definition) is 1. The number of hydrogen-bond acceptors (Lipinski definition) is 3. The highest BCUT2D eigenvalue weighted by Crippen LogP contribution is 2.16. The monoisotopic (exact) mass is 307 g/mol. The van der Waals surface area contributed by atoms with Crippen molar-refractivity contribution in [3.8, 4) is 0 Å². The summed E-state index contributed by atoms with van der Waals surface area (Å²) >= 11 is 0. The summed E-state index contributed by atoms with van der Waals surface area (Å²) in [5.41, 5.74) is 1.15. The highest BCUT2D eigenvalue weighted by Gasteiger charge is 2.15. The molecule has 1 aromatic carbocycles. The summed E-state index contributed by atoms with van der Waals surface area (Å²) in [4.78, 5) is 0.251. The predicted octanol–water partition coefficient (Wildman–Crippen LogP) is 2.81. The number of rotatable bonds is 6. The molecule has 114 valence electrons. The van der Waals surface area contributed by atoms with Gasteiger partial charge in [-0.1, -0.05) is 26.0 Å². The van der Waals surface area contributed by atoms with Gasteiger partial charge in [0.25, 0.3) is 10.0 Å². The van der Waals surface area contributed by atoms with Crippen molar-refractivity contribution >= 4 is 15.8 Å². The standard InChI is InChI=1S/C15H21N3O2S/c1-12(2)4-5-13-6-8-14(9-7-13)21(19,20)17-15-10-11-18(3)16-15/h6-12H,4-5H2,1-3H3,(H,16,17). The molecule has 21 heavy (non-hydrogen) atoms. The molecule has 2 aromatic rings. The molecule has 0 radical (unpaired) electrons. The topological polar surface area (TPSA) is 64.0 Å². The first-order valence-electron chi connectivity index (χ1n) is 6.98. The normalized spacial score (nSPS) is 11.8. The second kappa shape index (κ2) is 6.30. The SMILES string of the molecule is CC(C)CCc1ccc(S(=O)(=O)Nc2ccn(C)n2)cc1. The maximum atomic E-state index is 12.2. The second-order valence-electron chi connectivity index (χ2n) is 5.56. The fourth-order valence-electron chi connectivity index (χ4n) is 1.96. The van der Waals surface area contributed by atoms with Gasteiger partial charge >= 0.3 is 0 Å². The number of nitrogens with one attached hydrogen (secondary N) is 1. The number of nitrogens with zero attached hydrogens (tertiary/aromatic N) is 2. The first kappa shape index (κ1) is 15.6. The fraction of sp³-hybridized carbons (Fsp3) is 0.400. The lowest BCUT2D eigenvalue weighted by molar-refractivity contribution is 0.586. The van der Waals surface area contributed by atoms with E-state index in [2.05, 4.69) is 23.7 Å². The van der Waals surface area contributed by atoms with Gasteiger partial charge in [0.05, 0.1) is 4.90 Å². The van der Waals surface area contributed by atoms with Crippen LogP contribution in [0.3, 0.4) is 0 Å². The Kier molecular flexibility index (Phi) is 4.67. The molecule has 2 rings (SSSR count). The molecule has 0 aliphatic heterocycles. The van der Waals surface area contributed by atoms with Gasteiger partial charge in [0, 0.05) is 19.3 Å². The van der Waals surface area contributed by atoms with Gasteiger partial charge < -0.3 is 0 Å². The van der Waals surface area contributed by atoms with Crippen LogP contribution < -0.4 is 4.72 Å². The van der Waals surface area contributed by atoms with Crippen LogP contribution in [0, 0.1) is 5.92 Å². The summed E-state index contributed by atoms with van der Waals surface area (Å²) < 4.78 is 28.5. The molecule has 1 aromatic heterocycles. The smallest absolute Gasteiger partial charge is 0.263 e. The molecule has 1 heterocycles. The summed E-state index contributed by atoms with van der Waals surface area (Å²) in [5, 5.41) is 4.01. The van der Waals surface area contributed by atoms with Gasteiger partial charge in [0.15, 0.2) is 5.82 Å². The third-order valence-corrected chi connectivity index (χ3v) is 4.57. The lowest BCUT2D eigenvalue weighted by Gasteiger charge is -2.08. The van der Waals surface area contributed by atoms with Crippen LogP contribution in [-0.2, 0) is 23.5 Å². The fourth-order valence-corrected chi connectivity index (χ4v) is 2.95. The van der Waals surface area contributed by atoms with Crippen molar-refractivity contribution in [1.82, 2.24) is 9.78 Å². The molecule has 5 nitrogen and oxygen atoms in total. The van der Waals surface area contributed by atoms with Gasteiger partial charge in [-0.2, -0.15) is 5.10 Å². The predicted molar refractivity (Wildman–Crippen MR) is 83.6 cm³/mol. The van der Waals surface area contributed by atoms with Crippen molar-refractivity contribution in [3.63, 3.8) is 0 Å². The molecule has 0 fully saturated rings. The first-order valence-corrected chi connectivity index (χ1v) is 8.46. The van der Waals surface area contributed by atoms with Crippen molar-refractivity contribution < 1.29 is 8.42 Å². The highest BCUT2D eigenvalue weighted by atomic mass is 32.2. The highest BCUT2D eigenvalue weighted by molar-refractivity contribution is 7.92. The zero-order valence-electron chi connectivity index (χ0n) is 12.6. The van der Waals surface area contributed by atoms with E-state index in [1.165, 1.54) is 0 Å². The number of aromatic nitrogens is 2.